The average molecular weight is 318 g/mol. The first kappa shape index (κ1) is 14.6. The summed E-state index contributed by atoms with van der Waals surface area (Å²) in [6.07, 6.45) is 1.86. The molecule has 1 saturated heterocycles. The molecule has 0 unspecified atom stereocenters. The van der Waals surface area contributed by atoms with Gasteiger partial charge in [0, 0.05) is 35.9 Å². The molecule has 0 saturated carbocycles. The SMILES string of the molecule is Cc1ccc2nc(-c3ccc(N4CCNC4=O)c(C)c3)ncc2c1. The highest BCUT2D eigenvalue weighted by molar-refractivity contribution is 5.95. The van der Waals surface area contributed by atoms with Gasteiger partial charge < -0.3 is 5.32 Å². The van der Waals surface area contributed by atoms with Gasteiger partial charge in [-0.2, -0.15) is 0 Å². The van der Waals surface area contributed by atoms with Crippen LogP contribution < -0.4 is 10.2 Å². The molecule has 24 heavy (non-hydrogen) atoms. The van der Waals surface area contributed by atoms with Crippen molar-refractivity contribution in [1.82, 2.24) is 15.3 Å². The molecule has 1 aliphatic heterocycles. The number of hydrogen-bond donors (Lipinski definition) is 1. The molecular weight excluding hydrogens is 300 g/mol. The number of carbonyl (C=O) groups is 1. The van der Waals surface area contributed by atoms with Crippen LogP contribution >= 0.6 is 0 Å². The largest absolute Gasteiger partial charge is 0.336 e. The molecule has 1 N–H and O–H groups in total. The predicted molar refractivity (Wildman–Crippen MR) is 95.2 cm³/mol. The van der Waals surface area contributed by atoms with Crippen molar-refractivity contribution >= 4 is 22.6 Å². The van der Waals surface area contributed by atoms with Gasteiger partial charge in [0.25, 0.3) is 0 Å². The molecule has 2 heterocycles. The lowest BCUT2D eigenvalue weighted by Crippen LogP contribution is -2.28. The molecule has 0 spiro atoms. The molecule has 0 radical (unpaired) electrons. The Morgan fingerprint density at radius 2 is 2.00 bits per heavy atom. The quantitative estimate of drug-likeness (QED) is 0.787. The van der Waals surface area contributed by atoms with Crippen molar-refractivity contribution in [2.45, 2.75) is 13.8 Å². The van der Waals surface area contributed by atoms with Crippen LogP contribution in [0.2, 0.25) is 0 Å². The standard InChI is InChI=1S/C19H18N4O/c1-12-3-5-16-15(9-12)11-21-18(22-16)14-4-6-17(13(2)10-14)23-8-7-20-19(23)24/h3-6,9-11H,7-8H2,1-2H3,(H,20,24). The lowest BCUT2D eigenvalue weighted by Gasteiger charge is -2.17. The fourth-order valence-corrected chi connectivity index (χ4v) is 3.09. The number of amides is 2. The molecule has 5 nitrogen and oxygen atoms in total. The summed E-state index contributed by atoms with van der Waals surface area (Å²) in [7, 11) is 0. The molecule has 3 aromatic rings. The zero-order valence-electron chi connectivity index (χ0n) is 13.7. The van der Waals surface area contributed by atoms with Gasteiger partial charge in [0.2, 0.25) is 0 Å². The monoisotopic (exact) mass is 318 g/mol. The van der Waals surface area contributed by atoms with Crippen LogP contribution in [0.1, 0.15) is 11.1 Å². The van der Waals surface area contributed by atoms with Crippen molar-refractivity contribution in [3.05, 3.63) is 53.7 Å². The van der Waals surface area contributed by atoms with Crippen molar-refractivity contribution in [1.29, 1.82) is 0 Å². The van der Waals surface area contributed by atoms with Crippen LogP contribution in [0.3, 0.4) is 0 Å². The molecule has 0 bridgehead atoms. The second-order valence-electron chi connectivity index (χ2n) is 6.14. The summed E-state index contributed by atoms with van der Waals surface area (Å²) >= 11 is 0. The minimum Gasteiger partial charge on any atom is -0.336 e. The number of aryl methyl sites for hydroxylation is 2. The van der Waals surface area contributed by atoms with Gasteiger partial charge in [-0.3, -0.25) is 4.90 Å². The first-order valence-electron chi connectivity index (χ1n) is 8.01. The van der Waals surface area contributed by atoms with E-state index in [1.54, 1.807) is 4.90 Å². The minimum absolute atomic E-state index is 0.0387. The molecule has 1 fully saturated rings. The van der Waals surface area contributed by atoms with Gasteiger partial charge in [0.15, 0.2) is 5.82 Å². The van der Waals surface area contributed by atoms with Crippen molar-refractivity contribution < 1.29 is 4.79 Å². The number of fused-ring (bicyclic) bond motifs is 1. The second-order valence-corrected chi connectivity index (χ2v) is 6.14. The Morgan fingerprint density at radius 3 is 2.75 bits per heavy atom. The van der Waals surface area contributed by atoms with E-state index < -0.39 is 0 Å². The Hall–Kier alpha value is -2.95. The van der Waals surface area contributed by atoms with Crippen LogP contribution in [0.4, 0.5) is 10.5 Å². The molecule has 1 aliphatic rings. The first-order valence-corrected chi connectivity index (χ1v) is 8.01. The van der Waals surface area contributed by atoms with Crippen molar-refractivity contribution in [2.24, 2.45) is 0 Å². The zero-order chi connectivity index (χ0) is 16.7. The number of anilines is 1. The molecule has 0 aliphatic carbocycles. The maximum absolute atomic E-state index is 11.8. The van der Waals surface area contributed by atoms with E-state index in [9.17, 15) is 4.79 Å². The average Bonchev–Trinajstić information content (AvgIpc) is 3.00. The maximum Gasteiger partial charge on any atom is 0.322 e. The van der Waals surface area contributed by atoms with Crippen molar-refractivity contribution in [3.63, 3.8) is 0 Å². The van der Waals surface area contributed by atoms with Gasteiger partial charge in [-0.05, 0) is 49.7 Å². The van der Waals surface area contributed by atoms with Crippen LogP contribution in [-0.2, 0) is 0 Å². The second kappa shape index (κ2) is 5.60. The Labute approximate surface area is 140 Å². The third kappa shape index (κ3) is 2.48. The summed E-state index contributed by atoms with van der Waals surface area (Å²) in [4.78, 5) is 22.8. The molecule has 4 rings (SSSR count). The predicted octanol–water partition coefficient (Wildman–Crippen LogP) is 3.44. The first-order chi connectivity index (χ1) is 11.6. The zero-order valence-corrected chi connectivity index (χ0v) is 13.7. The summed E-state index contributed by atoms with van der Waals surface area (Å²) in [6, 6.07) is 12.1. The Balaban J connectivity index is 1.73. The molecular formula is C19H18N4O. The molecule has 0 atom stereocenters. The topological polar surface area (TPSA) is 58.1 Å². The summed E-state index contributed by atoms with van der Waals surface area (Å²) < 4.78 is 0. The van der Waals surface area contributed by atoms with Crippen LogP contribution in [0.15, 0.2) is 42.6 Å². The van der Waals surface area contributed by atoms with E-state index >= 15 is 0 Å². The normalized spacial score (nSPS) is 14.2. The highest BCUT2D eigenvalue weighted by Gasteiger charge is 2.22. The van der Waals surface area contributed by atoms with E-state index in [4.69, 9.17) is 0 Å². The summed E-state index contributed by atoms with van der Waals surface area (Å²) in [5, 5.41) is 3.87. The van der Waals surface area contributed by atoms with E-state index in [-0.39, 0.29) is 6.03 Å². The maximum atomic E-state index is 11.8. The fraction of sp³-hybridized carbons (Fsp3) is 0.211. The van der Waals surface area contributed by atoms with E-state index in [2.05, 4.69) is 34.3 Å². The van der Waals surface area contributed by atoms with Crippen LogP contribution in [-0.4, -0.2) is 29.1 Å². The lowest BCUT2D eigenvalue weighted by molar-refractivity contribution is 0.252. The Bertz CT molecular complexity index is 951. The molecule has 5 heteroatoms. The molecule has 120 valence electrons. The van der Waals surface area contributed by atoms with Gasteiger partial charge in [-0.1, -0.05) is 11.6 Å². The lowest BCUT2D eigenvalue weighted by atomic mass is 10.1. The summed E-state index contributed by atoms with van der Waals surface area (Å²) in [6.45, 7) is 5.46. The van der Waals surface area contributed by atoms with E-state index in [0.717, 1.165) is 27.7 Å². The number of nitrogens with one attached hydrogen (secondary N) is 1. The van der Waals surface area contributed by atoms with Gasteiger partial charge in [-0.15, -0.1) is 0 Å². The molecule has 2 amide bonds. The van der Waals surface area contributed by atoms with E-state index in [0.29, 0.717) is 18.9 Å². The van der Waals surface area contributed by atoms with Gasteiger partial charge in [0.1, 0.15) is 0 Å². The number of urea groups is 1. The van der Waals surface area contributed by atoms with E-state index in [1.165, 1.54) is 5.56 Å². The van der Waals surface area contributed by atoms with Crippen molar-refractivity contribution in [2.75, 3.05) is 18.0 Å². The number of carbonyl (C=O) groups excluding carboxylic acids is 1. The third-order valence-electron chi connectivity index (χ3n) is 4.34. The third-order valence-corrected chi connectivity index (χ3v) is 4.34. The van der Waals surface area contributed by atoms with Crippen LogP contribution in [0, 0.1) is 13.8 Å². The van der Waals surface area contributed by atoms with Gasteiger partial charge in [-0.25, -0.2) is 14.8 Å². The minimum atomic E-state index is -0.0387. The molecule has 1 aromatic heterocycles. The van der Waals surface area contributed by atoms with Gasteiger partial charge >= 0.3 is 6.03 Å². The van der Waals surface area contributed by atoms with Crippen LogP contribution in [0.5, 0.6) is 0 Å². The van der Waals surface area contributed by atoms with Crippen LogP contribution in [0.25, 0.3) is 22.3 Å². The number of nitrogens with zero attached hydrogens (tertiary/aromatic N) is 3. The fourth-order valence-electron chi connectivity index (χ4n) is 3.09. The van der Waals surface area contributed by atoms with E-state index in [1.807, 2.05) is 37.4 Å². The Morgan fingerprint density at radius 1 is 1.12 bits per heavy atom. The smallest absolute Gasteiger partial charge is 0.322 e. The number of rotatable bonds is 2. The highest BCUT2D eigenvalue weighted by atomic mass is 16.2. The van der Waals surface area contributed by atoms with Gasteiger partial charge in [0.05, 0.1) is 5.52 Å². The highest BCUT2D eigenvalue weighted by Crippen LogP contribution is 2.27. The summed E-state index contributed by atoms with van der Waals surface area (Å²) in [5.41, 5.74) is 5.06. The number of aromatic nitrogens is 2. The number of hydrogen-bond acceptors (Lipinski definition) is 3. The van der Waals surface area contributed by atoms with Crippen molar-refractivity contribution in [3.8, 4) is 11.4 Å². The summed E-state index contributed by atoms with van der Waals surface area (Å²) in [5.74, 6) is 0.701. The Kier molecular flexibility index (Phi) is 3.41. The molecule has 2 aromatic carbocycles. The number of benzene rings is 2.